The van der Waals surface area contributed by atoms with Gasteiger partial charge in [-0.05, 0) is 18.9 Å². The zero-order valence-corrected chi connectivity index (χ0v) is 13.6. The number of aliphatic carboxylic acids is 1. The van der Waals surface area contributed by atoms with Gasteiger partial charge in [-0.15, -0.1) is 0 Å². The molecule has 0 bridgehead atoms. The maximum absolute atomic E-state index is 14.0. The van der Waals surface area contributed by atoms with E-state index in [-0.39, 0.29) is 11.5 Å². The highest BCUT2D eigenvalue weighted by Gasteiger charge is 2.46. The third-order valence-corrected chi connectivity index (χ3v) is 4.77. The smallest absolute Gasteiger partial charge is 0.314 e. The Labute approximate surface area is 131 Å². The van der Waals surface area contributed by atoms with Gasteiger partial charge in [0.05, 0.1) is 19.6 Å². The zero-order chi connectivity index (χ0) is 15.6. The fraction of sp³-hybridized carbons (Fsp3) is 0.533. The first kappa shape index (κ1) is 16.1. The summed E-state index contributed by atoms with van der Waals surface area (Å²) < 4.78 is 24.8. The molecule has 0 heterocycles. The Morgan fingerprint density at radius 2 is 1.81 bits per heavy atom. The van der Waals surface area contributed by atoms with E-state index in [0.29, 0.717) is 22.9 Å². The number of methoxy groups -OCH3 is 2. The molecule has 1 saturated carbocycles. The third-order valence-electron chi connectivity index (χ3n) is 4.15. The van der Waals surface area contributed by atoms with Crippen LogP contribution in [0.4, 0.5) is 4.39 Å². The van der Waals surface area contributed by atoms with Crippen LogP contribution < -0.4 is 9.47 Å². The molecule has 0 aromatic heterocycles. The number of benzene rings is 1. The molecule has 1 N–H and O–H groups in total. The van der Waals surface area contributed by atoms with Gasteiger partial charge in [0.2, 0.25) is 0 Å². The summed E-state index contributed by atoms with van der Waals surface area (Å²) in [6.07, 6.45) is 3.66. The van der Waals surface area contributed by atoms with Gasteiger partial charge in [0.1, 0.15) is 0 Å². The van der Waals surface area contributed by atoms with Crippen LogP contribution >= 0.6 is 15.9 Å². The first-order chi connectivity index (χ1) is 9.97. The van der Waals surface area contributed by atoms with Gasteiger partial charge in [-0.2, -0.15) is 0 Å². The highest BCUT2D eigenvalue weighted by molar-refractivity contribution is 9.10. The lowest BCUT2D eigenvalue weighted by atomic mass is 9.69. The summed E-state index contributed by atoms with van der Waals surface area (Å²) in [5.74, 6) is -1.38. The van der Waals surface area contributed by atoms with Crippen molar-refractivity contribution in [1.29, 1.82) is 0 Å². The minimum atomic E-state index is -1.07. The summed E-state index contributed by atoms with van der Waals surface area (Å²) in [4.78, 5) is 12.0. The van der Waals surface area contributed by atoms with E-state index in [2.05, 4.69) is 15.9 Å². The summed E-state index contributed by atoms with van der Waals surface area (Å²) in [6.45, 7) is 0. The van der Waals surface area contributed by atoms with Crippen LogP contribution in [-0.2, 0) is 10.2 Å². The van der Waals surface area contributed by atoms with Crippen molar-refractivity contribution in [3.05, 3.63) is 21.9 Å². The number of ether oxygens (including phenoxy) is 2. The van der Waals surface area contributed by atoms with E-state index in [1.807, 2.05) is 0 Å². The minimum Gasteiger partial charge on any atom is -0.492 e. The number of hydrogen-bond acceptors (Lipinski definition) is 3. The molecule has 1 aromatic carbocycles. The van der Waals surface area contributed by atoms with Gasteiger partial charge in [-0.25, -0.2) is 4.39 Å². The number of rotatable bonds is 4. The molecule has 2 rings (SSSR count). The molecule has 0 saturated heterocycles. The number of hydrogen-bond donors (Lipinski definition) is 1. The molecule has 4 nitrogen and oxygen atoms in total. The van der Waals surface area contributed by atoms with Gasteiger partial charge < -0.3 is 14.6 Å². The van der Waals surface area contributed by atoms with E-state index in [9.17, 15) is 14.3 Å². The highest BCUT2D eigenvalue weighted by Crippen LogP contribution is 2.50. The van der Waals surface area contributed by atoms with Crippen LogP contribution in [0.25, 0.3) is 0 Å². The van der Waals surface area contributed by atoms with Crippen molar-refractivity contribution >= 4 is 21.9 Å². The maximum Gasteiger partial charge on any atom is 0.314 e. The van der Waals surface area contributed by atoms with E-state index in [4.69, 9.17) is 9.47 Å². The molecule has 0 unspecified atom stereocenters. The molecule has 1 aliphatic carbocycles. The monoisotopic (exact) mass is 360 g/mol. The Bertz CT molecular complexity index is 553. The number of carbonyl (C=O) groups is 1. The van der Waals surface area contributed by atoms with Crippen molar-refractivity contribution in [2.45, 2.75) is 37.5 Å². The van der Waals surface area contributed by atoms with E-state index >= 15 is 0 Å². The highest BCUT2D eigenvalue weighted by atomic mass is 79.9. The molecule has 0 spiro atoms. The van der Waals surface area contributed by atoms with E-state index < -0.39 is 17.2 Å². The van der Waals surface area contributed by atoms with Crippen LogP contribution in [0.2, 0.25) is 0 Å². The molecular formula is C15H18BrFO4. The number of carboxylic acid groups (broad SMARTS) is 1. The van der Waals surface area contributed by atoms with Crippen molar-refractivity contribution in [3.63, 3.8) is 0 Å². The minimum absolute atomic E-state index is 0.0538. The molecule has 0 radical (unpaired) electrons. The number of halogens is 2. The van der Waals surface area contributed by atoms with E-state index in [1.54, 1.807) is 0 Å². The predicted octanol–water partition coefficient (Wildman–Crippen LogP) is 3.89. The van der Waals surface area contributed by atoms with Crippen LogP contribution in [0.3, 0.4) is 0 Å². The second-order valence-electron chi connectivity index (χ2n) is 5.23. The molecule has 0 amide bonds. The van der Waals surface area contributed by atoms with E-state index in [1.165, 1.54) is 20.3 Å². The van der Waals surface area contributed by atoms with Gasteiger partial charge in [-0.3, -0.25) is 4.79 Å². The Balaban J connectivity index is 2.73. The number of carboxylic acids is 1. The van der Waals surface area contributed by atoms with Crippen molar-refractivity contribution in [3.8, 4) is 11.5 Å². The molecule has 6 heteroatoms. The van der Waals surface area contributed by atoms with Gasteiger partial charge in [-0.1, -0.05) is 35.2 Å². The van der Waals surface area contributed by atoms with Crippen molar-refractivity contribution < 1.29 is 23.8 Å². The van der Waals surface area contributed by atoms with Crippen molar-refractivity contribution in [1.82, 2.24) is 0 Å². The zero-order valence-electron chi connectivity index (χ0n) is 12.0. The predicted molar refractivity (Wildman–Crippen MR) is 79.6 cm³/mol. The fourth-order valence-electron chi connectivity index (χ4n) is 3.14. The topological polar surface area (TPSA) is 55.8 Å². The lowest BCUT2D eigenvalue weighted by molar-refractivity contribution is -0.145. The molecule has 0 aliphatic heterocycles. The molecular weight excluding hydrogens is 343 g/mol. The molecule has 21 heavy (non-hydrogen) atoms. The quantitative estimate of drug-likeness (QED) is 0.884. The second-order valence-corrected chi connectivity index (χ2v) is 6.08. The van der Waals surface area contributed by atoms with Gasteiger partial charge in [0, 0.05) is 10.0 Å². The summed E-state index contributed by atoms with van der Waals surface area (Å²) in [5.41, 5.74) is -0.598. The fourth-order valence-corrected chi connectivity index (χ4v) is 3.90. The molecule has 1 aromatic rings. The molecule has 116 valence electrons. The average Bonchev–Trinajstić information content (AvgIpc) is 2.46. The summed E-state index contributed by atoms with van der Waals surface area (Å²) in [6, 6.07) is 1.25. The van der Waals surface area contributed by atoms with Crippen LogP contribution in [-0.4, -0.2) is 25.3 Å². The summed E-state index contributed by atoms with van der Waals surface area (Å²) in [5, 5.41) is 9.81. The standard InChI is InChI=1S/C15H18BrFO4/c1-20-12-10(17)8-9(16)11(13(12)21-2)15(14(18)19)6-4-3-5-7-15/h8H,3-7H2,1-2H3,(H,18,19). The Morgan fingerprint density at radius 1 is 1.24 bits per heavy atom. The second kappa shape index (κ2) is 6.22. The van der Waals surface area contributed by atoms with Gasteiger partial charge in [0.15, 0.2) is 17.3 Å². The van der Waals surface area contributed by atoms with Gasteiger partial charge in [0.25, 0.3) is 0 Å². The van der Waals surface area contributed by atoms with Crippen molar-refractivity contribution in [2.24, 2.45) is 0 Å². The lowest BCUT2D eigenvalue weighted by Crippen LogP contribution is -2.38. The Morgan fingerprint density at radius 3 is 2.29 bits per heavy atom. The Kier molecular flexibility index (Phi) is 4.76. The van der Waals surface area contributed by atoms with Crippen LogP contribution in [0.5, 0.6) is 11.5 Å². The lowest BCUT2D eigenvalue weighted by Gasteiger charge is -2.35. The molecule has 0 atom stereocenters. The van der Waals surface area contributed by atoms with Crippen LogP contribution in [0, 0.1) is 5.82 Å². The first-order valence-corrected chi connectivity index (χ1v) is 7.61. The van der Waals surface area contributed by atoms with Crippen LogP contribution in [0.1, 0.15) is 37.7 Å². The maximum atomic E-state index is 14.0. The van der Waals surface area contributed by atoms with E-state index in [0.717, 1.165) is 19.3 Å². The van der Waals surface area contributed by atoms with Crippen molar-refractivity contribution in [2.75, 3.05) is 14.2 Å². The molecule has 1 fully saturated rings. The Hall–Kier alpha value is -1.30. The average molecular weight is 361 g/mol. The SMILES string of the molecule is COc1c(F)cc(Br)c(C2(C(=O)O)CCCCC2)c1OC. The summed E-state index contributed by atoms with van der Waals surface area (Å²) >= 11 is 3.30. The molecule has 1 aliphatic rings. The summed E-state index contributed by atoms with van der Waals surface area (Å²) in [7, 11) is 2.73. The normalized spacial score (nSPS) is 17.3. The largest absolute Gasteiger partial charge is 0.492 e. The van der Waals surface area contributed by atoms with Crippen LogP contribution in [0.15, 0.2) is 10.5 Å². The third kappa shape index (κ3) is 2.61. The first-order valence-electron chi connectivity index (χ1n) is 6.81. The van der Waals surface area contributed by atoms with Gasteiger partial charge >= 0.3 is 5.97 Å².